The van der Waals surface area contributed by atoms with Crippen molar-refractivity contribution in [2.24, 2.45) is 0 Å². The number of fused-ring (bicyclic) bond motifs is 1. The Kier molecular flexibility index (Phi) is 3.59. The first-order valence-electron chi connectivity index (χ1n) is 5.48. The van der Waals surface area contributed by atoms with E-state index in [1.807, 2.05) is 24.5 Å². The third kappa shape index (κ3) is 2.43. The summed E-state index contributed by atoms with van der Waals surface area (Å²) >= 11 is 0. The molecule has 0 aliphatic heterocycles. The Hall–Kier alpha value is -1.32. The van der Waals surface area contributed by atoms with E-state index in [0.29, 0.717) is 6.04 Å². The van der Waals surface area contributed by atoms with Gasteiger partial charge in [-0.3, -0.25) is 0 Å². The lowest BCUT2D eigenvalue weighted by atomic mass is 10.2. The number of para-hydroxylation sites is 1. The molecule has 1 N–H and O–H groups in total. The molecule has 0 radical (unpaired) electrons. The van der Waals surface area contributed by atoms with Gasteiger partial charge in [0.05, 0.1) is 12.9 Å². The van der Waals surface area contributed by atoms with Crippen molar-refractivity contribution < 1.29 is 9.15 Å². The molecule has 86 valence electrons. The van der Waals surface area contributed by atoms with E-state index in [1.54, 1.807) is 7.11 Å². The Morgan fingerprint density at radius 2 is 2.19 bits per heavy atom. The highest BCUT2D eigenvalue weighted by atomic mass is 16.5. The van der Waals surface area contributed by atoms with Crippen LogP contribution in [0.4, 0.5) is 0 Å². The van der Waals surface area contributed by atoms with Crippen LogP contribution >= 0.6 is 0 Å². The predicted molar refractivity (Wildman–Crippen MR) is 64.4 cm³/mol. The summed E-state index contributed by atoms with van der Waals surface area (Å²) in [6.45, 7) is 3.63. The van der Waals surface area contributed by atoms with Crippen molar-refractivity contribution in [2.75, 3.05) is 13.7 Å². The molecule has 1 aromatic carbocycles. The lowest BCUT2D eigenvalue weighted by Crippen LogP contribution is -2.29. The van der Waals surface area contributed by atoms with Gasteiger partial charge in [0.15, 0.2) is 0 Å². The van der Waals surface area contributed by atoms with Gasteiger partial charge in [-0.1, -0.05) is 18.2 Å². The molecule has 1 aromatic heterocycles. The zero-order chi connectivity index (χ0) is 11.4. The molecule has 0 fully saturated rings. The molecule has 3 heteroatoms. The fourth-order valence-corrected chi connectivity index (χ4v) is 1.76. The highest BCUT2D eigenvalue weighted by Crippen LogP contribution is 2.20. The molecule has 0 saturated heterocycles. The van der Waals surface area contributed by atoms with Crippen LogP contribution in [-0.4, -0.2) is 19.8 Å². The van der Waals surface area contributed by atoms with Crippen LogP contribution < -0.4 is 5.32 Å². The molecule has 0 bridgehead atoms. The molecule has 0 aliphatic carbocycles. The third-order valence-electron chi connectivity index (χ3n) is 2.62. The Morgan fingerprint density at radius 1 is 1.38 bits per heavy atom. The summed E-state index contributed by atoms with van der Waals surface area (Å²) in [7, 11) is 1.71. The van der Waals surface area contributed by atoms with Gasteiger partial charge < -0.3 is 14.5 Å². The van der Waals surface area contributed by atoms with Crippen molar-refractivity contribution in [3.05, 3.63) is 36.1 Å². The monoisotopic (exact) mass is 219 g/mol. The first kappa shape index (κ1) is 11.2. The van der Waals surface area contributed by atoms with Crippen LogP contribution in [0.5, 0.6) is 0 Å². The smallest absolute Gasteiger partial charge is 0.134 e. The topological polar surface area (TPSA) is 34.4 Å². The highest BCUT2D eigenvalue weighted by Gasteiger charge is 2.06. The van der Waals surface area contributed by atoms with Gasteiger partial charge in [0.1, 0.15) is 5.58 Å². The van der Waals surface area contributed by atoms with E-state index in [1.165, 1.54) is 10.9 Å². The van der Waals surface area contributed by atoms with Crippen molar-refractivity contribution >= 4 is 11.0 Å². The quantitative estimate of drug-likeness (QED) is 0.839. The minimum atomic E-state index is 0.346. The summed E-state index contributed by atoms with van der Waals surface area (Å²) < 4.78 is 10.5. The number of methoxy groups -OCH3 is 1. The average Bonchev–Trinajstić information content (AvgIpc) is 2.70. The van der Waals surface area contributed by atoms with E-state index >= 15 is 0 Å². The highest BCUT2D eigenvalue weighted by molar-refractivity contribution is 5.80. The molecule has 0 aliphatic rings. The molecule has 0 spiro atoms. The van der Waals surface area contributed by atoms with Crippen molar-refractivity contribution in [1.82, 2.24) is 5.32 Å². The minimum Gasteiger partial charge on any atom is -0.464 e. The van der Waals surface area contributed by atoms with Crippen molar-refractivity contribution in [2.45, 2.75) is 19.5 Å². The largest absolute Gasteiger partial charge is 0.464 e. The summed E-state index contributed by atoms with van der Waals surface area (Å²) in [6, 6.07) is 8.42. The number of furan rings is 1. The van der Waals surface area contributed by atoms with Crippen LogP contribution in [0.1, 0.15) is 12.5 Å². The Morgan fingerprint density at radius 3 is 3.00 bits per heavy atom. The Labute approximate surface area is 95.4 Å². The number of hydrogen-bond acceptors (Lipinski definition) is 3. The van der Waals surface area contributed by atoms with Crippen molar-refractivity contribution in [1.29, 1.82) is 0 Å². The SMILES string of the molecule is COCC(C)NCc1coc2ccccc12. The van der Waals surface area contributed by atoms with E-state index in [2.05, 4.69) is 18.3 Å². The van der Waals surface area contributed by atoms with Gasteiger partial charge >= 0.3 is 0 Å². The molecule has 0 amide bonds. The average molecular weight is 219 g/mol. The van der Waals surface area contributed by atoms with Gasteiger partial charge in [-0.05, 0) is 13.0 Å². The molecular formula is C13H17NO2. The second-order valence-electron chi connectivity index (χ2n) is 3.99. The first-order valence-corrected chi connectivity index (χ1v) is 5.48. The van der Waals surface area contributed by atoms with Crippen LogP contribution in [0.2, 0.25) is 0 Å². The van der Waals surface area contributed by atoms with Gasteiger partial charge in [0.2, 0.25) is 0 Å². The standard InChI is InChI=1S/C13H17NO2/c1-10(8-15-2)14-7-11-9-16-13-6-4-3-5-12(11)13/h3-6,9-10,14H,7-8H2,1-2H3. The number of nitrogens with one attached hydrogen (secondary N) is 1. The number of rotatable bonds is 5. The van der Waals surface area contributed by atoms with E-state index in [4.69, 9.17) is 9.15 Å². The third-order valence-corrected chi connectivity index (χ3v) is 2.62. The molecule has 2 rings (SSSR count). The zero-order valence-corrected chi connectivity index (χ0v) is 9.69. The molecular weight excluding hydrogens is 202 g/mol. The molecule has 3 nitrogen and oxygen atoms in total. The van der Waals surface area contributed by atoms with E-state index in [0.717, 1.165) is 18.7 Å². The normalized spacial score (nSPS) is 13.1. The summed E-state index contributed by atoms with van der Waals surface area (Å²) in [5.41, 5.74) is 2.14. The van der Waals surface area contributed by atoms with Gasteiger partial charge in [0.25, 0.3) is 0 Å². The molecule has 0 saturated carbocycles. The van der Waals surface area contributed by atoms with Crippen LogP contribution in [0.25, 0.3) is 11.0 Å². The Balaban J connectivity index is 2.04. The summed E-state index contributed by atoms with van der Waals surface area (Å²) in [6.07, 6.45) is 1.82. The maximum atomic E-state index is 5.47. The summed E-state index contributed by atoms with van der Waals surface area (Å²) in [5, 5.41) is 4.57. The van der Waals surface area contributed by atoms with Gasteiger partial charge in [-0.25, -0.2) is 0 Å². The second kappa shape index (κ2) is 5.14. The number of hydrogen-bond donors (Lipinski definition) is 1. The summed E-state index contributed by atoms with van der Waals surface area (Å²) in [5.74, 6) is 0. The fraction of sp³-hybridized carbons (Fsp3) is 0.385. The fourth-order valence-electron chi connectivity index (χ4n) is 1.76. The van der Waals surface area contributed by atoms with Crippen LogP contribution in [0, 0.1) is 0 Å². The van der Waals surface area contributed by atoms with Crippen LogP contribution in [0.15, 0.2) is 34.9 Å². The van der Waals surface area contributed by atoms with Crippen LogP contribution in [-0.2, 0) is 11.3 Å². The Bertz CT molecular complexity index is 450. The second-order valence-corrected chi connectivity index (χ2v) is 3.99. The maximum absolute atomic E-state index is 5.47. The molecule has 16 heavy (non-hydrogen) atoms. The lowest BCUT2D eigenvalue weighted by Gasteiger charge is -2.11. The van der Waals surface area contributed by atoms with Gasteiger partial charge in [0, 0.05) is 30.6 Å². The van der Waals surface area contributed by atoms with Gasteiger partial charge in [-0.15, -0.1) is 0 Å². The zero-order valence-electron chi connectivity index (χ0n) is 9.69. The molecule has 1 unspecified atom stereocenters. The first-order chi connectivity index (χ1) is 7.81. The van der Waals surface area contributed by atoms with Crippen molar-refractivity contribution in [3.8, 4) is 0 Å². The van der Waals surface area contributed by atoms with E-state index < -0.39 is 0 Å². The van der Waals surface area contributed by atoms with Crippen LogP contribution in [0.3, 0.4) is 0 Å². The van der Waals surface area contributed by atoms with Crippen molar-refractivity contribution in [3.63, 3.8) is 0 Å². The molecule has 1 heterocycles. The van der Waals surface area contributed by atoms with E-state index in [-0.39, 0.29) is 0 Å². The molecule has 2 aromatic rings. The molecule has 1 atom stereocenters. The predicted octanol–water partition coefficient (Wildman–Crippen LogP) is 2.56. The summed E-state index contributed by atoms with van der Waals surface area (Å²) in [4.78, 5) is 0. The van der Waals surface area contributed by atoms with Gasteiger partial charge in [-0.2, -0.15) is 0 Å². The maximum Gasteiger partial charge on any atom is 0.134 e. The number of benzene rings is 1. The van der Waals surface area contributed by atoms with E-state index in [9.17, 15) is 0 Å². The minimum absolute atomic E-state index is 0.346. The number of ether oxygens (including phenoxy) is 1. The lowest BCUT2D eigenvalue weighted by molar-refractivity contribution is 0.171.